The Morgan fingerprint density at radius 2 is 2.07 bits per heavy atom. The third-order valence-corrected chi connectivity index (χ3v) is 5.66. The number of rotatable bonds is 5. The third-order valence-electron chi connectivity index (χ3n) is 4.75. The van der Waals surface area contributed by atoms with Crippen molar-refractivity contribution < 1.29 is 19.1 Å². The summed E-state index contributed by atoms with van der Waals surface area (Å²) in [6.45, 7) is 1.95. The SMILES string of the molecule is COc1ccc(Cc2cnc(NC(=O)C3Cc4cc(C)ccc4C(=O)O3)s2)cc1. The minimum Gasteiger partial charge on any atom is -0.497 e. The fourth-order valence-corrected chi connectivity index (χ4v) is 4.10. The number of aryl methyl sites for hydroxylation is 1. The minimum absolute atomic E-state index is 0.360. The van der Waals surface area contributed by atoms with Gasteiger partial charge in [-0.15, -0.1) is 11.3 Å². The number of esters is 1. The molecular formula is C22H20N2O4S. The largest absolute Gasteiger partial charge is 0.497 e. The summed E-state index contributed by atoms with van der Waals surface area (Å²) < 4.78 is 10.5. The van der Waals surface area contributed by atoms with E-state index in [0.717, 1.165) is 27.3 Å². The molecule has 0 bridgehead atoms. The lowest BCUT2D eigenvalue weighted by Crippen LogP contribution is -2.38. The van der Waals surface area contributed by atoms with Crippen LogP contribution in [0, 0.1) is 6.92 Å². The van der Waals surface area contributed by atoms with Gasteiger partial charge >= 0.3 is 5.97 Å². The van der Waals surface area contributed by atoms with E-state index in [0.29, 0.717) is 23.5 Å². The summed E-state index contributed by atoms with van der Waals surface area (Å²) in [5, 5.41) is 3.26. The van der Waals surface area contributed by atoms with E-state index in [1.165, 1.54) is 11.3 Å². The number of hydrogen-bond donors (Lipinski definition) is 1. The molecule has 1 aromatic heterocycles. The smallest absolute Gasteiger partial charge is 0.339 e. The fourth-order valence-electron chi connectivity index (χ4n) is 3.25. The number of hydrogen-bond acceptors (Lipinski definition) is 6. The highest BCUT2D eigenvalue weighted by Crippen LogP contribution is 2.25. The lowest BCUT2D eigenvalue weighted by Gasteiger charge is -2.23. The molecule has 2 heterocycles. The van der Waals surface area contributed by atoms with Gasteiger partial charge in [0.1, 0.15) is 5.75 Å². The monoisotopic (exact) mass is 408 g/mol. The van der Waals surface area contributed by atoms with Gasteiger partial charge in [-0.2, -0.15) is 0 Å². The molecule has 1 aliphatic heterocycles. The zero-order valence-electron chi connectivity index (χ0n) is 16.1. The summed E-state index contributed by atoms with van der Waals surface area (Å²) in [5.74, 6) is -0.0219. The second-order valence-corrected chi connectivity index (χ2v) is 8.02. The molecule has 1 unspecified atom stereocenters. The van der Waals surface area contributed by atoms with Crippen molar-refractivity contribution in [1.29, 1.82) is 0 Å². The van der Waals surface area contributed by atoms with Gasteiger partial charge in [0.05, 0.1) is 12.7 Å². The van der Waals surface area contributed by atoms with Gasteiger partial charge in [0.15, 0.2) is 11.2 Å². The molecule has 4 rings (SSSR count). The number of anilines is 1. The Bertz CT molecular complexity index is 1060. The summed E-state index contributed by atoms with van der Waals surface area (Å²) >= 11 is 1.40. The first-order valence-electron chi connectivity index (χ1n) is 9.21. The number of fused-ring (bicyclic) bond motifs is 1. The molecule has 148 valence electrons. The van der Waals surface area contributed by atoms with Crippen LogP contribution in [0.15, 0.2) is 48.7 Å². The molecular weight excluding hydrogens is 388 g/mol. The normalized spacial score (nSPS) is 15.4. The summed E-state index contributed by atoms with van der Waals surface area (Å²) in [7, 11) is 1.64. The molecule has 3 aromatic rings. The number of carbonyl (C=O) groups excluding carboxylic acids is 2. The summed E-state index contributed by atoms with van der Waals surface area (Å²) in [4.78, 5) is 30.1. The molecule has 1 N–H and O–H groups in total. The molecule has 29 heavy (non-hydrogen) atoms. The van der Waals surface area contributed by atoms with Crippen LogP contribution in [0.25, 0.3) is 0 Å². The van der Waals surface area contributed by atoms with Crippen LogP contribution >= 0.6 is 11.3 Å². The van der Waals surface area contributed by atoms with Crippen molar-refractivity contribution in [2.45, 2.75) is 25.9 Å². The first-order valence-corrected chi connectivity index (χ1v) is 10.0. The van der Waals surface area contributed by atoms with Gasteiger partial charge in [-0.25, -0.2) is 9.78 Å². The van der Waals surface area contributed by atoms with Crippen LogP contribution in [-0.2, 0) is 22.4 Å². The maximum atomic E-state index is 12.6. The van der Waals surface area contributed by atoms with E-state index in [1.807, 2.05) is 43.3 Å². The zero-order valence-corrected chi connectivity index (χ0v) is 16.9. The highest BCUT2D eigenvalue weighted by Gasteiger charge is 2.31. The number of nitrogens with zero attached hydrogens (tertiary/aromatic N) is 1. The van der Waals surface area contributed by atoms with E-state index < -0.39 is 12.1 Å². The average Bonchev–Trinajstić information content (AvgIpc) is 3.14. The second kappa shape index (κ2) is 8.05. The average molecular weight is 408 g/mol. The predicted octanol–water partition coefficient (Wildman–Crippen LogP) is 3.77. The second-order valence-electron chi connectivity index (χ2n) is 6.90. The Hall–Kier alpha value is -3.19. The summed E-state index contributed by atoms with van der Waals surface area (Å²) in [5.41, 5.74) is 3.53. The highest BCUT2D eigenvalue weighted by molar-refractivity contribution is 7.15. The van der Waals surface area contributed by atoms with Crippen LogP contribution in [0.4, 0.5) is 5.13 Å². The van der Waals surface area contributed by atoms with E-state index >= 15 is 0 Å². The van der Waals surface area contributed by atoms with Crippen molar-refractivity contribution in [2.24, 2.45) is 0 Å². The molecule has 0 saturated carbocycles. The predicted molar refractivity (Wildman–Crippen MR) is 111 cm³/mol. The molecule has 6 nitrogen and oxygen atoms in total. The van der Waals surface area contributed by atoms with Crippen molar-refractivity contribution in [2.75, 3.05) is 12.4 Å². The van der Waals surface area contributed by atoms with E-state index in [2.05, 4.69) is 10.3 Å². The third kappa shape index (κ3) is 4.30. The number of benzene rings is 2. The van der Waals surface area contributed by atoms with Crippen molar-refractivity contribution in [3.8, 4) is 5.75 Å². The topological polar surface area (TPSA) is 77.5 Å². The van der Waals surface area contributed by atoms with Gasteiger partial charge in [0.2, 0.25) is 0 Å². The Morgan fingerprint density at radius 3 is 2.83 bits per heavy atom. The van der Waals surface area contributed by atoms with Crippen molar-refractivity contribution >= 4 is 28.3 Å². The van der Waals surface area contributed by atoms with E-state index in [9.17, 15) is 9.59 Å². The van der Waals surface area contributed by atoms with Crippen LogP contribution in [0.1, 0.15) is 31.9 Å². The van der Waals surface area contributed by atoms with Crippen molar-refractivity contribution in [1.82, 2.24) is 4.98 Å². The van der Waals surface area contributed by atoms with Gasteiger partial charge in [0.25, 0.3) is 5.91 Å². The Kier molecular flexibility index (Phi) is 5.31. The van der Waals surface area contributed by atoms with Gasteiger partial charge in [-0.1, -0.05) is 29.8 Å². The zero-order chi connectivity index (χ0) is 20.4. The number of thiazole rings is 1. The summed E-state index contributed by atoms with van der Waals surface area (Å²) in [6.07, 6.45) is 1.96. The van der Waals surface area contributed by atoms with Crippen LogP contribution in [-0.4, -0.2) is 30.1 Å². The molecule has 0 saturated heterocycles. The standard InChI is InChI=1S/C22H20N2O4S/c1-13-3-8-18-15(9-13)11-19(28-21(18)26)20(25)24-22-23-12-17(29-22)10-14-4-6-16(27-2)7-5-14/h3-9,12,19H,10-11H2,1-2H3,(H,23,24,25). The van der Waals surface area contributed by atoms with Crippen molar-refractivity contribution in [3.05, 3.63) is 75.8 Å². The van der Waals surface area contributed by atoms with Gasteiger partial charge in [0, 0.05) is 23.9 Å². The molecule has 1 amide bonds. The number of nitrogens with one attached hydrogen (secondary N) is 1. The molecule has 0 fully saturated rings. The molecule has 0 aliphatic carbocycles. The van der Waals surface area contributed by atoms with Crippen LogP contribution < -0.4 is 10.1 Å². The molecule has 7 heteroatoms. The van der Waals surface area contributed by atoms with Crippen molar-refractivity contribution in [3.63, 3.8) is 0 Å². The first-order chi connectivity index (χ1) is 14.0. The van der Waals surface area contributed by atoms with E-state index in [1.54, 1.807) is 19.4 Å². The van der Waals surface area contributed by atoms with Crippen LogP contribution in [0.3, 0.4) is 0 Å². The number of methoxy groups -OCH3 is 1. The molecule has 2 aromatic carbocycles. The van der Waals surface area contributed by atoms with Crippen LogP contribution in [0.2, 0.25) is 0 Å². The summed E-state index contributed by atoms with van der Waals surface area (Å²) in [6, 6.07) is 13.3. The number of amides is 1. The Balaban J connectivity index is 1.41. The first kappa shape index (κ1) is 19.1. The fraction of sp³-hybridized carbons (Fsp3) is 0.227. The molecule has 0 radical (unpaired) electrons. The molecule has 0 spiro atoms. The van der Waals surface area contributed by atoms with E-state index in [-0.39, 0.29) is 5.91 Å². The number of carbonyl (C=O) groups is 2. The quantitative estimate of drug-likeness (QED) is 0.650. The van der Waals surface area contributed by atoms with Crippen LogP contribution in [0.5, 0.6) is 5.75 Å². The molecule has 1 aliphatic rings. The lowest BCUT2D eigenvalue weighted by molar-refractivity contribution is -0.125. The Labute approximate surface area is 172 Å². The van der Waals surface area contributed by atoms with Gasteiger partial charge in [-0.05, 0) is 36.2 Å². The minimum atomic E-state index is -0.856. The molecule has 1 atom stereocenters. The van der Waals surface area contributed by atoms with Gasteiger partial charge < -0.3 is 9.47 Å². The van der Waals surface area contributed by atoms with Gasteiger partial charge in [-0.3, -0.25) is 10.1 Å². The highest BCUT2D eigenvalue weighted by atomic mass is 32.1. The number of ether oxygens (including phenoxy) is 2. The Morgan fingerprint density at radius 1 is 1.28 bits per heavy atom. The maximum Gasteiger partial charge on any atom is 0.339 e. The van der Waals surface area contributed by atoms with E-state index in [4.69, 9.17) is 9.47 Å². The number of cyclic esters (lactones) is 1. The lowest BCUT2D eigenvalue weighted by atomic mass is 9.96. The maximum absolute atomic E-state index is 12.6. The number of aromatic nitrogens is 1.